The van der Waals surface area contributed by atoms with Gasteiger partial charge in [0.2, 0.25) is 0 Å². The lowest BCUT2D eigenvalue weighted by Gasteiger charge is -2.31. The Labute approximate surface area is 188 Å². The Morgan fingerprint density at radius 1 is 1.13 bits per heavy atom. The maximum absolute atomic E-state index is 13.1. The molecule has 1 fully saturated rings. The summed E-state index contributed by atoms with van der Waals surface area (Å²) in [6, 6.07) is -0.267. The molecule has 1 saturated heterocycles. The van der Waals surface area contributed by atoms with Crippen LogP contribution < -0.4 is 10.2 Å². The normalized spacial score (nSPS) is 24.1. The van der Waals surface area contributed by atoms with E-state index in [1.54, 1.807) is 6.92 Å². The number of hydrogen-bond acceptors (Lipinski definition) is 6. The number of thiophene rings is 1. The molecule has 1 amide bonds. The molecule has 8 heteroatoms. The number of carbonyl (C=O) groups is 3. The molecule has 1 aliphatic carbocycles. The van der Waals surface area contributed by atoms with E-state index in [0.29, 0.717) is 29.7 Å². The first kappa shape index (κ1) is 23.7. The molecule has 0 bridgehead atoms. The Morgan fingerprint density at radius 3 is 2.45 bits per heavy atom. The molecule has 2 atom stereocenters. The molecule has 2 heterocycles. The van der Waals surface area contributed by atoms with Gasteiger partial charge in [-0.1, -0.05) is 6.92 Å². The minimum absolute atomic E-state index is 0.0691. The van der Waals surface area contributed by atoms with Gasteiger partial charge in [-0.15, -0.1) is 11.3 Å². The van der Waals surface area contributed by atoms with Gasteiger partial charge >= 0.3 is 11.9 Å². The molecule has 0 spiro atoms. The Kier molecular flexibility index (Phi) is 8.11. The van der Waals surface area contributed by atoms with Gasteiger partial charge in [0, 0.05) is 17.7 Å². The molecule has 0 radical (unpaired) electrons. The SMILES string of the molecule is CCOC(=O)c1c(NC(=O)[C@H](C)[NH+]2CCC(C(=O)OCC)CC2)sc2c1CC[C@@H](C)C2. The zero-order chi connectivity index (χ0) is 22.5. The van der Waals surface area contributed by atoms with Crippen molar-refractivity contribution in [1.82, 2.24) is 0 Å². The summed E-state index contributed by atoms with van der Waals surface area (Å²) in [5.41, 5.74) is 1.59. The van der Waals surface area contributed by atoms with Crippen LogP contribution in [0.3, 0.4) is 0 Å². The predicted octanol–water partition coefficient (Wildman–Crippen LogP) is 2.23. The third kappa shape index (κ3) is 5.47. The van der Waals surface area contributed by atoms with Crippen molar-refractivity contribution in [3.05, 3.63) is 16.0 Å². The van der Waals surface area contributed by atoms with Crippen molar-refractivity contribution in [2.45, 2.75) is 65.8 Å². The summed E-state index contributed by atoms with van der Waals surface area (Å²) < 4.78 is 10.4. The molecule has 1 aromatic rings. The van der Waals surface area contributed by atoms with E-state index in [9.17, 15) is 14.4 Å². The molecule has 1 aliphatic heterocycles. The number of likely N-dealkylation sites (tertiary alicyclic amines) is 1. The number of nitrogens with one attached hydrogen (secondary N) is 2. The number of rotatable bonds is 7. The van der Waals surface area contributed by atoms with E-state index < -0.39 is 0 Å². The maximum atomic E-state index is 13.1. The van der Waals surface area contributed by atoms with Crippen LogP contribution in [0.4, 0.5) is 5.00 Å². The van der Waals surface area contributed by atoms with Crippen LogP contribution in [0.15, 0.2) is 0 Å². The number of fused-ring (bicyclic) bond motifs is 1. The van der Waals surface area contributed by atoms with E-state index in [0.717, 1.165) is 55.7 Å². The summed E-state index contributed by atoms with van der Waals surface area (Å²) in [5.74, 6) is -0.0628. The van der Waals surface area contributed by atoms with Gasteiger partial charge in [0.25, 0.3) is 5.91 Å². The zero-order valence-electron chi connectivity index (χ0n) is 19.0. The second-order valence-corrected chi connectivity index (χ2v) is 9.78. The van der Waals surface area contributed by atoms with Crippen molar-refractivity contribution >= 4 is 34.2 Å². The summed E-state index contributed by atoms with van der Waals surface area (Å²) in [7, 11) is 0. The predicted molar refractivity (Wildman–Crippen MR) is 120 cm³/mol. The highest BCUT2D eigenvalue weighted by molar-refractivity contribution is 7.17. The number of hydrogen-bond donors (Lipinski definition) is 2. The van der Waals surface area contributed by atoms with Gasteiger partial charge in [0.05, 0.1) is 37.8 Å². The highest BCUT2D eigenvalue weighted by Crippen LogP contribution is 2.40. The minimum atomic E-state index is -0.347. The second kappa shape index (κ2) is 10.6. The molecule has 1 aromatic heterocycles. The standard InChI is InChI=1S/C23H34N2O5S/c1-5-29-22(27)16-9-11-25(12-10-16)15(4)20(26)24-21-19(23(28)30-6-2)17-8-7-14(3)13-18(17)31-21/h14-16H,5-13H2,1-4H3,(H,24,26)/p+1/t14-,15+/m1/s1. The number of ether oxygens (including phenoxy) is 2. The Morgan fingerprint density at radius 2 is 1.81 bits per heavy atom. The minimum Gasteiger partial charge on any atom is -0.466 e. The highest BCUT2D eigenvalue weighted by Gasteiger charge is 2.35. The van der Waals surface area contributed by atoms with E-state index in [-0.39, 0.29) is 29.8 Å². The van der Waals surface area contributed by atoms with Crippen LogP contribution >= 0.6 is 11.3 Å². The van der Waals surface area contributed by atoms with Crippen LogP contribution in [-0.2, 0) is 31.9 Å². The third-order valence-electron chi connectivity index (χ3n) is 6.48. The molecule has 7 nitrogen and oxygen atoms in total. The van der Waals surface area contributed by atoms with Crippen molar-refractivity contribution in [2.24, 2.45) is 11.8 Å². The zero-order valence-corrected chi connectivity index (χ0v) is 19.9. The van der Waals surface area contributed by atoms with Crippen molar-refractivity contribution in [3.8, 4) is 0 Å². The fourth-order valence-corrected chi connectivity index (χ4v) is 5.98. The first-order valence-electron chi connectivity index (χ1n) is 11.5. The first-order valence-corrected chi connectivity index (χ1v) is 12.3. The average Bonchev–Trinajstić information content (AvgIpc) is 3.10. The molecule has 0 unspecified atom stereocenters. The van der Waals surface area contributed by atoms with Crippen LogP contribution in [0.25, 0.3) is 0 Å². The van der Waals surface area contributed by atoms with Gasteiger partial charge in [-0.25, -0.2) is 4.79 Å². The number of piperidine rings is 1. The lowest BCUT2D eigenvalue weighted by Crippen LogP contribution is -3.17. The summed E-state index contributed by atoms with van der Waals surface area (Å²) in [6.45, 7) is 9.95. The molecule has 0 saturated carbocycles. The summed E-state index contributed by atoms with van der Waals surface area (Å²) in [4.78, 5) is 40.1. The molecule has 3 rings (SSSR count). The topological polar surface area (TPSA) is 86.1 Å². The third-order valence-corrected chi connectivity index (χ3v) is 7.65. The van der Waals surface area contributed by atoms with Crippen molar-refractivity contribution < 1.29 is 28.8 Å². The number of anilines is 1. The Hall–Kier alpha value is -1.93. The van der Waals surface area contributed by atoms with Crippen LogP contribution in [0, 0.1) is 11.8 Å². The average molecular weight is 452 g/mol. The lowest BCUT2D eigenvalue weighted by atomic mass is 9.88. The van der Waals surface area contributed by atoms with Crippen molar-refractivity contribution in [1.29, 1.82) is 0 Å². The smallest absolute Gasteiger partial charge is 0.341 e. The quantitative estimate of drug-likeness (QED) is 0.621. The summed E-state index contributed by atoms with van der Waals surface area (Å²) in [5, 5.41) is 3.66. The van der Waals surface area contributed by atoms with Crippen LogP contribution in [0.2, 0.25) is 0 Å². The van der Waals surface area contributed by atoms with E-state index in [2.05, 4.69) is 12.2 Å². The molecular formula is C23H35N2O5S+. The highest BCUT2D eigenvalue weighted by atomic mass is 32.1. The van der Waals surface area contributed by atoms with Gasteiger partial charge in [-0.2, -0.15) is 0 Å². The summed E-state index contributed by atoms with van der Waals surface area (Å²) in [6.07, 6.45) is 4.28. The maximum Gasteiger partial charge on any atom is 0.341 e. The van der Waals surface area contributed by atoms with Crippen molar-refractivity contribution in [2.75, 3.05) is 31.6 Å². The second-order valence-electron chi connectivity index (χ2n) is 8.67. The molecule has 172 valence electrons. The number of amides is 1. The van der Waals surface area contributed by atoms with Gasteiger partial charge in [-0.3, -0.25) is 9.59 Å². The fraction of sp³-hybridized carbons (Fsp3) is 0.696. The van der Waals surface area contributed by atoms with E-state index >= 15 is 0 Å². The number of esters is 2. The fourth-order valence-electron chi connectivity index (χ4n) is 4.58. The molecule has 2 N–H and O–H groups in total. The number of quaternary nitrogens is 1. The Balaban J connectivity index is 1.68. The largest absolute Gasteiger partial charge is 0.466 e. The van der Waals surface area contributed by atoms with E-state index in [1.165, 1.54) is 16.2 Å². The van der Waals surface area contributed by atoms with Crippen LogP contribution in [-0.4, -0.2) is 50.2 Å². The van der Waals surface area contributed by atoms with E-state index in [1.807, 2.05) is 13.8 Å². The van der Waals surface area contributed by atoms with Gasteiger partial charge in [-0.05, 0) is 51.5 Å². The van der Waals surface area contributed by atoms with Crippen LogP contribution in [0.1, 0.15) is 67.8 Å². The lowest BCUT2D eigenvalue weighted by molar-refractivity contribution is -0.919. The Bertz CT molecular complexity index is 813. The van der Waals surface area contributed by atoms with Crippen molar-refractivity contribution in [3.63, 3.8) is 0 Å². The molecule has 0 aromatic carbocycles. The number of carbonyl (C=O) groups excluding carboxylic acids is 3. The first-order chi connectivity index (χ1) is 14.8. The van der Waals surface area contributed by atoms with Crippen LogP contribution in [0.5, 0.6) is 0 Å². The van der Waals surface area contributed by atoms with Gasteiger partial charge in [0.1, 0.15) is 5.00 Å². The molecular weight excluding hydrogens is 416 g/mol. The molecule has 2 aliphatic rings. The van der Waals surface area contributed by atoms with Gasteiger partial charge in [0.15, 0.2) is 6.04 Å². The monoisotopic (exact) mass is 451 g/mol. The van der Waals surface area contributed by atoms with E-state index in [4.69, 9.17) is 9.47 Å². The van der Waals surface area contributed by atoms with Gasteiger partial charge < -0.3 is 19.7 Å². The molecule has 31 heavy (non-hydrogen) atoms. The summed E-state index contributed by atoms with van der Waals surface area (Å²) >= 11 is 1.52.